The molecule has 3 aliphatic heterocycles. The molecule has 11 atom stereocenters. The molecule has 6 aromatic carbocycles. The molecule has 13 heteroatoms. The quantitative estimate of drug-likeness (QED) is 0.0679. The van der Waals surface area contributed by atoms with Crippen molar-refractivity contribution in [3.05, 3.63) is 194 Å². The Morgan fingerprint density at radius 3 is 1.25 bits per heavy atom. The highest BCUT2D eigenvalue weighted by molar-refractivity contribution is 7.00. The van der Waals surface area contributed by atoms with Gasteiger partial charge in [-0.1, -0.05) is 244 Å². The van der Waals surface area contributed by atoms with Crippen molar-refractivity contribution in [1.29, 1.82) is 0 Å². The third kappa shape index (κ3) is 9.37. The molecule has 0 unspecified atom stereocenters. The molecule has 0 radical (unpaired) electrons. The normalized spacial score (nSPS) is 27.8. The minimum atomic E-state index is -3.19. The minimum absolute atomic E-state index is 0.0918. The molecule has 2 saturated heterocycles. The zero-order valence-electron chi connectivity index (χ0n) is 45.4. The van der Waals surface area contributed by atoms with Crippen LogP contribution in [0.5, 0.6) is 0 Å². The van der Waals surface area contributed by atoms with E-state index in [1.165, 1.54) is 0 Å². The molecule has 3 N–H and O–H groups in total. The zero-order valence-corrected chi connectivity index (χ0v) is 48.4. The second kappa shape index (κ2) is 21.1. The van der Waals surface area contributed by atoms with E-state index in [-0.39, 0.29) is 34.2 Å². The average molecular weight is 1080 g/mol. The summed E-state index contributed by atoms with van der Waals surface area (Å²) in [5, 5.41) is 41.1. The van der Waals surface area contributed by atoms with E-state index in [0.717, 1.165) is 31.1 Å². The predicted molar refractivity (Wildman–Crippen MR) is 306 cm³/mol. The first-order chi connectivity index (χ1) is 36.3. The van der Waals surface area contributed by atoms with Crippen LogP contribution in [0.15, 0.2) is 194 Å². The van der Waals surface area contributed by atoms with Crippen molar-refractivity contribution in [1.82, 2.24) is 0 Å². The summed E-state index contributed by atoms with van der Waals surface area (Å²) in [4.78, 5) is 0. The molecule has 10 nitrogen and oxygen atoms in total. The molecule has 0 spiro atoms. The second-order valence-electron chi connectivity index (χ2n) is 24.3. The highest BCUT2D eigenvalue weighted by Gasteiger charge is 2.78. The summed E-state index contributed by atoms with van der Waals surface area (Å²) in [5.74, 6) is -0.858. The van der Waals surface area contributed by atoms with Crippen LogP contribution in [0.25, 0.3) is 0 Å². The predicted octanol–water partition coefficient (Wildman–Crippen LogP) is 7.16. The number of rotatable bonds is 16. The Morgan fingerprint density at radius 2 is 0.855 bits per heavy atom. The third-order valence-corrected chi connectivity index (χ3v) is 31.7. The highest BCUT2D eigenvalue weighted by atomic mass is 28.4. The van der Waals surface area contributed by atoms with E-state index in [4.69, 9.17) is 32.2 Å². The number of ether oxygens (including phenoxy) is 4. The summed E-state index contributed by atoms with van der Waals surface area (Å²) in [7, 11) is -9.44. The van der Waals surface area contributed by atoms with E-state index in [9.17, 15) is 15.3 Å². The van der Waals surface area contributed by atoms with E-state index in [1.54, 1.807) is 6.26 Å². The lowest BCUT2D eigenvalue weighted by Gasteiger charge is -2.47. The maximum atomic E-state index is 11.9. The summed E-state index contributed by atoms with van der Waals surface area (Å²) in [6.45, 7) is 20.3. The number of aliphatic hydroxyl groups is 3. The molecule has 10 rings (SSSR count). The lowest BCUT2D eigenvalue weighted by Crippen LogP contribution is -2.68. The number of hydrogen-bond acceptors (Lipinski definition) is 10. The van der Waals surface area contributed by atoms with Gasteiger partial charge in [-0.25, -0.2) is 0 Å². The molecule has 3 fully saturated rings. The van der Waals surface area contributed by atoms with Gasteiger partial charge in [0.2, 0.25) is 6.29 Å². The Balaban J connectivity index is 1.04. The van der Waals surface area contributed by atoms with E-state index in [0.29, 0.717) is 0 Å². The van der Waals surface area contributed by atoms with E-state index >= 15 is 0 Å². The third-order valence-electron chi connectivity index (χ3n) is 16.7. The first-order valence-corrected chi connectivity index (χ1v) is 32.7. The number of fused-ring (bicyclic) bond motifs is 3. The molecule has 400 valence electrons. The molecule has 4 aliphatic rings. The van der Waals surface area contributed by atoms with Gasteiger partial charge in [0.15, 0.2) is 6.29 Å². The summed E-state index contributed by atoms with van der Waals surface area (Å²) >= 11 is 0. The van der Waals surface area contributed by atoms with Gasteiger partial charge in [-0.15, -0.1) is 0 Å². The fourth-order valence-corrected chi connectivity index (χ4v) is 27.0. The minimum Gasteiger partial charge on any atom is -0.472 e. The fraction of sp³-hybridized carbons (Fsp3) is 0.397. The molecular weight excluding hydrogens is 1000 g/mol. The lowest BCUT2D eigenvalue weighted by atomic mass is 9.85. The highest BCUT2D eigenvalue weighted by Crippen LogP contribution is 2.62. The molecule has 1 aliphatic carbocycles. The molecule has 6 aromatic rings. The van der Waals surface area contributed by atoms with Crippen molar-refractivity contribution >= 4 is 56.1 Å². The van der Waals surface area contributed by atoms with Crippen LogP contribution in [0.3, 0.4) is 0 Å². The standard InChI is InChI=1S/C63H76O10Si3/c1-60(2,3)74(44-28-16-10-17-29-44,45-30-18-11-19-31-45)68-42-51-53(64)54(65)55(66)59(70-51)71-58-52-50(40-41-67-58)56(73-76(62(7,8)9,48-36-24-14-25-37-48)49-38-26-15-27-39-49)57-63(52,72-57)43-69-75(61(4,5)6,46-32-20-12-21-33-46)47-34-22-13-23-35-47/h10-41,50-59,64-66H,42-43H2,1-9H3/t50-,51-,52-,53-,54+,55-,56-,57+,58+,59+,63-/m1/s1. The molecular formula is C63H76O10Si3. The second-order valence-corrected chi connectivity index (χ2v) is 37.1. The van der Waals surface area contributed by atoms with Crippen LogP contribution < -0.4 is 31.1 Å². The monoisotopic (exact) mass is 1080 g/mol. The van der Waals surface area contributed by atoms with Crippen molar-refractivity contribution in [3.63, 3.8) is 0 Å². The van der Waals surface area contributed by atoms with Crippen molar-refractivity contribution in [2.75, 3.05) is 13.2 Å². The molecule has 76 heavy (non-hydrogen) atoms. The van der Waals surface area contributed by atoms with Crippen LogP contribution in [0, 0.1) is 11.8 Å². The molecule has 3 heterocycles. The van der Waals surface area contributed by atoms with Gasteiger partial charge in [-0.3, -0.25) is 0 Å². The van der Waals surface area contributed by atoms with Crippen LogP contribution in [0.2, 0.25) is 15.1 Å². The summed E-state index contributed by atoms with van der Waals surface area (Å²) in [6.07, 6.45) is -5.56. The van der Waals surface area contributed by atoms with Crippen LogP contribution in [-0.4, -0.2) is 108 Å². The molecule has 0 aromatic heterocycles. The Morgan fingerprint density at radius 1 is 0.474 bits per heavy atom. The van der Waals surface area contributed by atoms with Gasteiger partial charge < -0.3 is 47.5 Å². The first-order valence-electron chi connectivity index (χ1n) is 26.9. The van der Waals surface area contributed by atoms with Gasteiger partial charge in [0.1, 0.15) is 36.1 Å². The summed E-state index contributed by atoms with van der Waals surface area (Å²) < 4.78 is 50.5. The van der Waals surface area contributed by atoms with Crippen LogP contribution in [-0.2, 0) is 32.2 Å². The maximum Gasteiger partial charge on any atom is 0.261 e. The number of epoxide rings is 1. The van der Waals surface area contributed by atoms with Gasteiger partial charge in [-0.2, -0.15) is 0 Å². The SMILES string of the molecule is CC(C)(C)[Si](OC[C@H]1O[C@@H](O[C@@H]2OC=C[C@H]3[C@@H](O[Si](c4ccccc4)(c4ccccc4)C(C)(C)C)[C@@H]4O[C@]4(CO[Si](c4ccccc4)(c4ccccc4)C(C)(C)C)[C@@H]23)[C@H](O)[C@@H](O)[C@@H]1O)(c1ccccc1)c1ccccc1. The Kier molecular flexibility index (Phi) is 15.1. The topological polar surface area (TPSA) is 129 Å². The molecule has 0 bridgehead atoms. The van der Waals surface area contributed by atoms with Crippen molar-refractivity contribution in [3.8, 4) is 0 Å². The van der Waals surface area contributed by atoms with Gasteiger partial charge in [-0.05, 0) is 52.3 Å². The number of aliphatic hydroxyl groups excluding tert-OH is 3. The lowest BCUT2D eigenvalue weighted by molar-refractivity contribution is -0.343. The van der Waals surface area contributed by atoms with E-state index in [1.807, 2.05) is 60.7 Å². The summed E-state index contributed by atoms with van der Waals surface area (Å²) in [6, 6.07) is 62.9. The maximum absolute atomic E-state index is 11.9. The van der Waals surface area contributed by atoms with Crippen molar-refractivity contribution < 1.29 is 47.5 Å². The zero-order chi connectivity index (χ0) is 53.7. The summed E-state index contributed by atoms with van der Waals surface area (Å²) in [5.41, 5.74) is -0.993. The number of benzene rings is 6. The van der Waals surface area contributed by atoms with Gasteiger partial charge in [0.05, 0.1) is 31.5 Å². The first kappa shape index (κ1) is 54.5. The Hall–Kier alpha value is -4.85. The molecule has 1 saturated carbocycles. The largest absolute Gasteiger partial charge is 0.472 e. The van der Waals surface area contributed by atoms with Crippen molar-refractivity contribution in [2.24, 2.45) is 11.8 Å². The smallest absolute Gasteiger partial charge is 0.261 e. The Labute approximate surface area is 453 Å². The molecule has 0 amide bonds. The van der Waals surface area contributed by atoms with Crippen LogP contribution in [0.4, 0.5) is 0 Å². The van der Waals surface area contributed by atoms with Gasteiger partial charge in [0.25, 0.3) is 25.0 Å². The van der Waals surface area contributed by atoms with Gasteiger partial charge >= 0.3 is 0 Å². The fourth-order valence-electron chi connectivity index (χ4n) is 13.1. The number of hydrogen-bond donors (Lipinski definition) is 3. The van der Waals surface area contributed by atoms with Crippen LogP contribution >= 0.6 is 0 Å². The van der Waals surface area contributed by atoms with Crippen molar-refractivity contribution in [2.45, 2.75) is 132 Å². The van der Waals surface area contributed by atoms with E-state index in [2.05, 4.69) is 190 Å². The van der Waals surface area contributed by atoms with Crippen LogP contribution in [0.1, 0.15) is 62.3 Å². The van der Waals surface area contributed by atoms with Gasteiger partial charge in [0, 0.05) is 5.92 Å². The average Bonchev–Trinajstić information content (AvgIpc) is 4.24. The van der Waals surface area contributed by atoms with E-state index < -0.39 is 85.7 Å². The Bertz CT molecular complexity index is 2760.